The summed E-state index contributed by atoms with van der Waals surface area (Å²) in [6.45, 7) is 6.72. The zero-order chi connectivity index (χ0) is 26.0. The lowest BCUT2D eigenvalue weighted by Gasteiger charge is -2.39. The molecule has 2 aromatic rings. The van der Waals surface area contributed by atoms with Crippen LogP contribution in [0.1, 0.15) is 69.7 Å². The van der Waals surface area contributed by atoms with Gasteiger partial charge >= 0.3 is 0 Å². The van der Waals surface area contributed by atoms with Crippen molar-refractivity contribution < 1.29 is 24.0 Å². The number of nitrogens with zero attached hydrogens (tertiary/aromatic N) is 2. The Bertz CT molecular complexity index is 1230. The summed E-state index contributed by atoms with van der Waals surface area (Å²) >= 11 is 1.23. The Kier molecular flexibility index (Phi) is 7.26. The highest BCUT2D eigenvalue weighted by Gasteiger charge is 2.43. The van der Waals surface area contributed by atoms with Crippen LogP contribution in [-0.2, 0) is 9.59 Å². The molecule has 4 amide bonds. The van der Waals surface area contributed by atoms with Gasteiger partial charge in [-0.1, -0.05) is 0 Å². The number of piperidine rings is 1. The number of thiophene rings is 1. The minimum Gasteiger partial charge on any atom is -0.338 e. The van der Waals surface area contributed by atoms with Gasteiger partial charge in [-0.25, -0.2) is 0 Å². The van der Waals surface area contributed by atoms with Gasteiger partial charge < -0.3 is 20.4 Å². The fraction of sp³-hybridized carbons (Fsp3) is 0.423. The van der Waals surface area contributed by atoms with Crippen molar-refractivity contribution in [2.75, 3.05) is 36.8 Å². The second-order valence-corrected chi connectivity index (χ2v) is 10.7. The number of anilines is 2. The molecule has 190 valence electrons. The van der Waals surface area contributed by atoms with E-state index < -0.39 is 0 Å². The first kappa shape index (κ1) is 25.6. The molecule has 2 fully saturated rings. The predicted octanol–water partition coefficient (Wildman–Crippen LogP) is 3.64. The maximum atomic E-state index is 13.3. The summed E-state index contributed by atoms with van der Waals surface area (Å²) in [6.07, 6.45) is 2.49. The summed E-state index contributed by atoms with van der Waals surface area (Å²) < 4.78 is 0. The highest BCUT2D eigenvalue weighted by atomic mass is 32.1. The Labute approximate surface area is 213 Å². The van der Waals surface area contributed by atoms with Gasteiger partial charge in [0.15, 0.2) is 5.78 Å². The molecule has 10 heteroatoms. The van der Waals surface area contributed by atoms with Crippen LogP contribution < -0.4 is 10.6 Å². The van der Waals surface area contributed by atoms with Crippen molar-refractivity contribution in [2.24, 2.45) is 5.41 Å². The number of hydrogen-bond donors (Lipinski definition) is 2. The fourth-order valence-corrected chi connectivity index (χ4v) is 5.82. The van der Waals surface area contributed by atoms with Crippen LogP contribution in [0, 0.1) is 5.41 Å². The molecule has 2 aliphatic heterocycles. The van der Waals surface area contributed by atoms with Crippen molar-refractivity contribution in [3.05, 3.63) is 45.6 Å². The highest BCUT2D eigenvalue weighted by molar-refractivity contribution is 7.15. The number of nitrogens with one attached hydrogen (secondary N) is 2. The Hall–Kier alpha value is -3.53. The van der Waals surface area contributed by atoms with Crippen LogP contribution in [0.15, 0.2) is 30.3 Å². The molecule has 0 bridgehead atoms. The summed E-state index contributed by atoms with van der Waals surface area (Å²) in [5.41, 5.74) is 1.23. The number of likely N-dealkylation sites (tertiary alicyclic amines) is 2. The Morgan fingerprint density at radius 1 is 0.750 bits per heavy atom. The molecule has 0 saturated carbocycles. The Morgan fingerprint density at radius 3 is 1.92 bits per heavy atom. The van der Waals surface area contributed by atoms with Crippen LogP contribution in [0.25, 0.3) is 0 Å². The number of Topliss-reactive ketones (excluding diaryl/α,β-unsaturated/α-hetero) is 1. The van der Waals surface area contributed by atoms with Gasteiger partial charge in [-0.15, -0.1) is 11.3 Å². The first-order valence-corrected chi connectivity index (χ1v) is 12.8. The molecular weight excluding hydrogens is 480 g/mol. The molecule has 2 N–H and O–H groups in total. The number of carbonyl (C=O) groups is 5. The normalized spacial score (nSPS) is 16.6. The molecular formula is C26H30N4O5S. The molecule has 1 spiro atoms. The van der Waals surface area contributed by atoms with E-state index in [4.69, 9.17) is 0 Å². The fourth-order valence-electron chi connectivity index (χ4n) is 4.95. The first-order valence-electron chi connectivity index (χ1n) is 12.0. The zero-order valence-corrected chi connectivity index (χ0v) is 21.5. The highest BCUT2D eigenvalue weighted by Crippen LogP contribution is 2.41. The van der Waals surface area contributed by atoms with Crippen molar-refractivity contribution >= 4 is 52.1 Å². The lowest BCUT2D eigenvalue weighted by atomic mass is 9.77. The minimum atomic E-state index is -0.298. The maximum absolute atomic E-state index is 13.3. The topological polar surface area (TPSA) is 116 Å². The van der Waals surface area contributed by atoms with Crippen LogP contribution in [-0.4, -0.2) is 65.4 Å². The maximum Gasteiger partial charge on any atom is 0.263 e. The molecule has 0 aliphatic carbocycles. The van der Waals surface area contributed by atoms with Crippen molar-refractivity contribution in [1.82, 2.24) is 9.80 Å². The molecule has 0 atom stereocenters. The predicted molar refractivity (Wildman–Crippen MR) is 137 cm³/mol. The number of carbonyl (C=O) groups excluding carboxylic acids is 5. The van der Waals surface area contributed by atoms with E-state index in [9.17, 15) is 24.0 Å². The summed E-state index contributed by atoms with van der Waals surface area (Å²) in [6, 6.07) is 8.29. The average Bonchev–Trinajstić information content (AvgIpc) is 3.48. The van der Waals surface area contributed by atoms with Crippen LogP contribution in [0.2, 0.25) is 0 Å². The van der Waals surface area contributed by atoms with Crippen molar-refractivity contribution in [3.8, 4) is 0 Å². The van der Waals surface area contributed by atoms with Crippen molar-refractivity contribution in [1.29, 1.82) is 0 Å². The molecule has 36 heavy (non-hydrogen) atoms. The van der Waals surface area contributed by atoms with Gasteiger partial charge in [-0.3, -0.25) is 24.0 Å². The van der Waals surface area contributed by atoms with Crippen LogP contribution in [0.4, 0.5) is 11.4 Å². The molecule has 3 heterocycles. The lowest BCUT2D eigenvalue weighted by molar-refractivity contribution is -0.115. The third-order valence-electron chi connectivity index (χ3n) is 6.89. The zero-order valence-electron chi connectivity index (χ0n) is 20.7. The molecule has 0 radical (unpaired) electrons. The standard InChI is InChI=1S/C26H30N4O5S/c1-16(31)22-6-7-23(36-22)25(35)29-11-8-26(9-12-29)10-13-30(15-26)24(34)19-4-5-20(27-17(2)32)21(14-19)28-18(3)33/h4-7,14H,8-13,15H2,1-3H3,(H,27,32)(H,28,33). The van der Waals surface area contributed by atoms with E-state index in [1.165, 1.54) is 32.1 Å². The van der Waals surface area contributed by atoms with Gasteiger partial charge in [-0.05, 0) is 61.9 Å². The summed E-state index contributed by atoms with van der Waals surface area (Å²) in [4.78, 5) is 65.7. The summed E-state index contributed by atoms with van der Waals surface area (Å²) in [5.74, 6) is -0.779. The van der Waals surface area contributed by atoms with Crippen LogP contribution in [0.5, 0.6) is 0 Å². The van der Waals surface area contributed by atoms with Crippen molar-refractivity contribution in [3.63, 3.8) is 0 Å². The molecule has 1 aromatic carbocycles. The van der Waals surface area contributed by atoms with E-state index >= 15 is 0 Å². The monoisotopic (exact) mass is 510 g/mol. The van der Waals surface area contributed by atoms with Gasteiger partial charge in [-0.2, -0.15) is 0 Å². The van der Waals surface area contributed by atoms with Gasteiger partial charge in [0.1, 0.15) is 0 Å². The van der Waals surface area contributed by atoms with E-state index in [1.807, 2.05) is 9.80 Å². The number of benzene rings is 1. The number of amides is 4. The molecule has 4 rings (SSSR count). The largest absolute Gasteiger partial charge is 0.338 e. The van der Waals surface area contributed by atoms with Gasteiger partial charge in [0, 0.05) is 45.6 Å². The smallest absolute Gasteiger partial charge is 0.263 e. The number of rotatable bonds is 5. The van der Waals surface area contributed by atoms with Gasteiger partial charge in [0.2, 0.25) is 11.8 Å². The van der Waals surface area contributed by atoms with E-state index in [-0.39, 0.29) is 34.8 Å². The molecule has 2 saturated heterocycles. The minimum absolute atomic E-state index is 0.0248. The van der Waals surface area contributed by atoms with Gasteiger partial charge in [0.05, 0.1) is 21.1 Å². The molecule has 0 unspecified atom stereocenters. The van der Waals surface area contributed by atoms with Crippen LogP contribution >= 0.6 is 11.3 Å². The second kappa shape index (κ2) is 10.2. The summed E-state index contributed by atoms with van der Waals surface area (Å²) in [7, 11) is 0. The Balaban J connectivity index is 1.40. The Morgan fingerprint density at radius 2 is 1.33 bits per heavy atom. The van der Waals surface area contributed by atoms with E-state index in [1.54, 1.807) is 30.3 Å². The molecule has 9 nitrogen and oxygen atoms in total. The lowest BCUT2D eigenvalue weighted by Crippen LogP contribution is -2.44. The SMILES string of the molecule is CC(=O)Nc1ccc(C(=O)N2CCC3(CCN(C(=O)c4ccc(C(C)=O)s4)CC3)C2)cc1NC(C)=O. The molecule has 2 aliphatic rings. The number of ketones is 1. The third kappa shape index (κ3) is 5.48. The number of hydrogen-bond acceptors (Lipinski definition) is 6. The summed E-state index contributed by atoms with van der Waals surface area (Å²) in [5, 5.41) is 5.34. The van der Waals surface area contributed by atoms with E-state index in [2.05, 4.69) is 10.6 Å². The van der Waals surface area contributed by atoms with Crippen molar-refractivity contribution in [2.45, 2.75) is 40.0 Å². The third-order valence-corrected chi connectivity index (χ3v) is 8.06. The molecule has 1 aromatic heterocycles. The quantitative estimate of drug-likeness (QED) is 0.596. The van der Waals surface area contributed by atoms with E-state index in [0.717, 1.165) is 19.3 Å². The van der Waals surface area contributed by atoms with Gasteiger partial charge in [0.25, 0.3) is 11.8 Å². The van der Waals surface area contributed by atoms with Crippen LogP contribution in [0.3, 0.4) is 0 Å². The average molecular weight is 511 g/mol. The first-order chi connectivity index (χ1) is 17.1. The second-order valence-electron chi connectivity index (χ2n) is 9.61. The van der Waals surface area contributed by atoms with E-state index in [0.29, 0.717) is 52.9 Å².